The maximum absolute atomic E-state index is 12.4. The molecule has 0 saturated heterocycles. The first-order valence-electron chi connectivity index (χ1n) is 10.6. The van der Waals surface area contributed by atoms with Crippen LogP contribution in [-0.4, -0.2) is 41.5 Å². The zero-order valence-electron chi connectivity index (χ0n) is 18.8. The van der Waals surface area contributed by atoms with E-state index in [4.69, 9.17) is 11.5 Å². The normalized spacial score (nSPS) is 12.6. The van der Waals surface area contributed by atoms with Gasteiger partial charge in [-0.3, -0.25) is 14.4 Å². The molecule has 2 atom stereocenters. The Kier molecular flexibility index (Phi) is 8.78. The summed E-state index contributed by atoms with van der Waals surface area (Å²) in [6.45, 7) is 5.78. The van der Waals surface area contributed by atoms with Gasteiger partial charge in [0.25, 0.3) is 0 Å². The van der Waals surface area contributed by atoms with Gasteiger partial charge >= 0.3 is 0 Å². The molecule has 0 fully saturated rings. The summed E-state index contributed by atoms with van der Waals surface area (Å²) in [4.78, 5) is 35.8. The van der Waals surface area contributed by atoms with Gasteiger partial charge in [-0.25, -0.2) is 0 Å². The van der Waals surface area contributed by atoms with Gasteiger partial charge < -0.3 is 27.2 Å². The van der Waals surface area contributed by atoms with Crippen LogP contribution in [0.25, 0.3) is 0 Å². The van der Waals surface area contributed by atoms with Crippen molar-refractivity contribution < 1.29 is 19.5 Å². The van der Waals surface area contributed by atoms with Crippen LogP contribution in [-0.2, 0) is 22.4 Å². The van der Waals surface area contributed by atoms with Gasteiger partial charge in [-0.1, -0.05) is 12.1 Å². The minimum Gasteiger partial charge on any atom is -0.508 e. The van der Waals surface area contributed by atoms with Crippen molar-refractivity contribution in [3.63, 3.8) is 0 Å². The first-order chi connectivity index (χ1) is 15.1. The van der Waals surface area contributed by atoms with Gasteiger partial charge in [0.15, 0.2) is 0 Å². The average molecular weight is 441 g/mol. The summed E-state index contributed by atoms with van der Waals surface area (Å²) in [5, 5.41) is 15.1. The number of aromatic hydroxyl groups is 1. The number of hydrogen-bond donors (Lipinski definition) is 5. The van der Waals surface area contributed by atoms with Crippen LogP contribution in [0.1, 0.15) is 46.0 Å². The first kappa shape index (κ1) is 24.9. The molecule has 0 unspecified atom stereocenters. The Balaban J connectivity index is 1.76. The molecule has 0 aliphatic heterocycles. The van der Waals surface area contributed by atoms with Crippen molar-refractivity contribution in [2.45, 2.75) is 52.1 Å². The molecule has 2 rings (SSSR count). The fourth-order valence-corrected chi connectivity index (χ4v) is 3.48. The Morgan fingerprint density at radius 2 is 1.62 bits per heavy atom. The van der Waals surface area contributed by atoms with Crippen LogP contribution >= 0.6 is 0 Å². The average Bonchev–Trinajstić information content (AvgIpc) is 2.73. The number of carbonyl (C=O) groups excluding carboxylic acids is 3. The predicted octanol–water partition coefficient (Wildman–Crippen LogP) is 1.23. The molecule has 0 aliphatic rings. The Morgan fingerprint density at radius 3 is 2.19 bits per heavy atom. The molecule has 0 spiro atoms. The van der Waals surface area contributed by atoms with Crippen LogP contribution in [0.15, 0.2) is 36.4 Å². The lowest BCUT2D eigenvalue weighted by atomic mass is 9.96. The molecular formula is C24H32N4O4. The zero-order valence-corrected chi connectivity index (χ0v) is 18.8. The molecule has 0 saturated carbocycles. The van der Waals surface area contributed by atoms with Crippen molar-refractivity contribution in [3.05, 3.63) is 64.2 Å². The zero-order chi connectivity index (χ0) is 23.8. The summed E-state index contributed by atoms with van der Waals surface area (Å²) in [5.41, 5.74) is 15.4. The maximum Gasteiger partial charge on any atom is 0.248 e. The second-order valence-corrected chi connectivity index (χ2v) is 8.05. The highest BCUT2D eigenvalue weighted by Crippen LogP contribution is 2.21. The highest BCUT2D eigenvalue weighted by Gasteiger charge is 2.21. The topological polar surface area (TPSA) is 148 Å². The SMILES string of the molecule is Cc1cc(O)cc(C)c1C[C@H](N)C(=O)N[C@H](C)C(=O)NCCCc1ccc(C(N)=O)cc1. The monoisotopic (exact) mass is 440 g/mol. The van der Waals surface area contributed by atoms with Crippen LogP contribution in [0.4, 0.5) is 0 Å². The van der Waals surface area contributed by atoms with Gasteiger partial charge in [-0.15, -0.1) is 0 Å². The first-order valence-corrected chi connectivity index (χ1v) is 10.6. The standard InChI is InChI=1S/C24H32N4O4/c1-14-11-19(29)12-15(2)20(14)13-21(25)24(32)28-16(3)23(31)27-10-4-5-17-6-8-18(9-7-17)22(26)30/h6-9,11-12,16,21,29H,4-5,10,13,25H2,1-3H3,(H2,26,30)(H,27,31)(H,28,32)/t16-,21+/m1/s1. The summed E-state index contributed by atoms with van der Waals surface area (Å²) < 4.78 is 0. The summed E-state index contributed by atoms with van der Waals surface area (Å²) in [5.74, 6) is -0.983. The van der Waals surface area contributed by atoms with Crippen molar-refractivity contribution in [3.8, 4) is 5.75 Å². The van der Waals surface area contributed by atoms with E-state index in [1.54, 1.807) is 31.2 Å². The van der Waals surface area contributed by atoms with E-state index in [1.165, 1.54) is 0 Å². The summed E-state index contributed by atoms with van der Waals surface area (Å²) in [6.07, 6.45) is 1.75. The summed E-state index contributed by atoms with van der Waals surface area (Å²) in [7, 11) is 0. The third kappa shape index (κ3) is 7.09. The van der Waals surface area contributed by atoms with Gasteiger partial charge in [0.1, 0.15) is 11.8 Å². The van der Waals surface area contributed by atoms with Gasteiger partial charge in [0.2, 0.25) is 17.7 Å². The Labute approximate surface area is 188 Å². The van der Waals surface area contributed by atoms with E-state index in [0.29, 0.717) is 24.9 Å². The molecule has 0 radical (unpaired) electrons. The lowest BCUT2D eigenvalue weighted by Gasteiger charge is -2.19. The van der Waals surface area contributed by atoms with Gasteiger partial charge in [-0.2, -0.15) is 0 Å². The van der Waals surface area contributed by atoms with Crippen LogP contribution in [0, 0.1) is 13.8 Å². The lowest BCUT2D eigenvalue weighted by Crippen LogP contribution is -2.51. The molecule has 2 aromatic carbocycles. The van der Waals surface area contributed by atoms with Crippen LogP contribution in [0.5, 0.6) is 5.75 Å². The number of phenols is 1. The van der Waals surface area contributed by atoms with Gasteiger partial charge in [0, 0.05) is 12.1 Å². The molecule has 0 heterocycles. The van der Waals surface area contributed by atoms with Crippen molar-refractivity contribution >= 4 is 17.7 Å². The van der Waals surface area contributed by atoms with E-state index in [0.717, 1.165) is 28.7 Å². The highest BCUT2D eigenvalue weighted by molar-refractivity contribution is 5.92. The molecule has 0 bridgehead atoms. The Hall–Kier alpha value is -3.39. The van der Waals surface area contributed by atoms with Gasteiger partial charge in [0.05, 0.1) is 6.04 Å². The summed E-state index contributed by atoms with van der Waals surface area (Å²) >= 11 is 0. The third-order valence-electron chi connectivity index (χ3n) is 5.37. The van der Waals surface area contributed by atoms with Crippen LogP contribution in [0.3, 0.4) is 0 Å². The van der Waals surface area contributed by atoms with E-state index >= 15 is 0 Å². The van der Waals surface area contributed by atoms with Gasteiger partial charge in [-0.05, 0) is 86.6 Å². The number of carbonyl (C=O) groups is 3. The predicted molar refractivity (Wildman–Crippen MR) is 123 cm³/mol. The largest absolute Gasteiger partial charge is 0.508 e. The molecular weight excluding hydrogens is 408 g/mol. The lowest BCUT2D eigenvalue weighted by molar-refractivity contribution is -0.129. The molecule has 7 N–H and O–H groups in total. The number of amides is 3. The van der Waals surface area contributed by atoms with E-state index in [1.807, 2.05) is 26.0 Å². The molecule has 0 aromatic heterocycles. The minimum atomic E-state index is -0.810. The molecule has 2 aromatic rings. The van der Waals surface area contributed by atoms with Crippen molar-refractivity contribution in [1.82, 2.24) is 10.6 Å². The number of phenolic OH excluding ortho intramolecular Hbond substituents is 1. The summed E-state index contributed by atoms with van der Waals surface area (Å²) in [6, 6.07) is 8.77. The fourth-order valence-electron chi connectivity index (χ4n) is 3.48. The Bertz CT molecular complexity index is 949. The number of aryl methyl sites for hydroxylation is 3. The molecule has 8 heteroatoms. The van der Waals surface area contributed by atoms with E-state index < -0.39 is 23.9 Å². The van der Waals surface area contributed by atoms with E-state index in [2.05, 4.69) is 10.6 Å². The van der Waals surface area contributed by atoms with Crippen LogP contribution in [0.2, 0.25) is 0 Å². The molecule has 0 aliphatic carbocycles. The number of rotatable bonds is 10. The van der Waals surface area contributed by atoms with E-state index in [-0.39, 0.29) is 11.7 Å². The number of nitrogens with two attached hydrogens (primary N) is 2. The number of hydrogen-bond acceptors (Lipinski definition) is 5. The third-order valence-corrected chi connectivity index (χ3v) is 5.37. The second-order valence-electron chi connectivity index (χ2n) is 8.05. The number of primary amides is 1. The quantitative estimate of drug-likeness (QED) is 0.353. The molecule has 3 amide bonds. The van der Waals surface area contributed by atoms with Crippen LogP contribution < -0.4 is 22.1 Å². The molecule has 8 nitrogen and oxygen atoms in total. The number of benzene rings is 2. The minimum absolute atomic E-state index is 0.176. The molecule has 172 valence electrons. The van der Waals surface area contributed by atoms with Crippen molar-refractivity contribution in [2.75, 3.05) is 6.54 Å². The fraction of sp³-hybridized carbons (Fsp3) is 0.375. The van der Waals surface area contributed by atoms with E-state index in [9.17, 15) is 19.5 Å². The second kappa shape index (κ2) is 11.3. The highest BCUT2D eigenvalue weighted by atomic mass is 16.3. The van der Waals surface area contributed by atoms with Crippen molar-refractivity contribution in [1.29, 1.82) is 0 Å². The smallest absolute Gasteiger partial charge is 0.248 e. The molecule has 32 heavy (non-hydrogen) atoms. The Morgan fingerprint density at radius 1 is 1.03 bits per heavy atom. The maximum atomic E-state index is 12.4. The van der Waals surface area contributed by atoms with Crippen molar-refractivity contribution in [2.24, 2.45) is 11.5 Å². The number of nitrogens with one attached hydrogen (secondary N) is 2.